The summed E-state index contributed by atoms with van der Waals surface area (Å²) in [6.45, 7) is 1.53. The van der Waals surface area contributed by atoms with Crippen LogP contribution in [0.1, 0.15) is 18.7 Å². The molecular formula is C6H7N3O2. The van der Waals surface area contributed by atoms with Gasteiger partial charge in [0, 0.05) is 0 Å². The molecule has 0 aliphatic rings. The number of hydrogen-bond donors (Lipinski definition) is 1. The van der Waals surface area contributed by atoms with Gasteiger partial charge in [-0.3, -0.25) is 4.79 Å². The van der Waals surface area contributed by atoms with Gasteiger partial charge in [-0.1, -0.05) is 0 Å². The van der Waals surface area contributed by atoms with Gasteiger partial charge in [-0.25, -0.2) is 15.0 Å². The standard InChI is InChI=1S/C6H7N3O2/c1-4(6(10)11)5-8-2-7-3-9-5/h2-4H,1H3,(H,10,11). The van der Waals surface area contributed by atoms with Gasteiger partial charge in [-0.05, 0) is 6.92 Å². The molecule has 0 aromatic carbocycles. The number of rotatable bonds is 2. The fourth-order valence-electron chi connectivity index (χ4n) is 0.582. The molecule has 0 aliphatic carbocycles. The highest BCUT2D eigenvalue weighted by atomic mass is 16.4. The molecule has 1 atom stereocenters. The monoisotopic (exact) mass is 153 g/mol. The van der Waals surface area contributed by atoms with Gasteiger partial charge in [-0.2, -0.15) is 0 Å². The zero-order valence-electron chi connectivity index (χ0n) is 5.93. The van der Waals surface area contributed by atoms with E-state index in [9.17, 15) is 4.79 Å². The SMILES string of the molecule is CC(C(=O)O)c1ncncn1. The average Bonchev–Trinajstić information content (AvgIpc) is 2.05. The second kappa shape index (κ2) is 3.05. The first-order valence-corrected chi connectivity index (χ1v) is 3.06. The summed E-state index contributed by atoms with van der Waals surface area (Å²) in [6, 6.07) is 0. The van der Waals surface area contributed by atoms with Crippen molar-refractivity contribution in [1.82, 2.24) is 15.0 Å². The molecule has 0 spiro atoms. The van der Waals surface area contributed by atoms with Gasteiger partial charge >= 0.3 is 5.97 Å². The predicted octanol–water partition coefficient (Wildman–Crippen LogP) is 0.0597. The third kappa shape index (κ3) is 1.70. The van der Waals surface area contributed by atoms with Crippen LogP contribution in [-0.4, -0.2) is 26.0 Å². The Morgan fingerprint density at radius 3 is 2.55 bits per heavy atom. The van der Waals surface area contributed by atoms with E-state index < -0.39 is 11.9 Å². The normalized spacial score (nSPS) is 12.5. The van der Waals surface area contributed by atoms with Crippen LogP contribution in [-0.2, 0) is 4.79 Å². The summed E-state index contributed by atoms with van der Waals surface area (Å²) in [4.78, 5) is 21.4. The fourth-order valence-corrected chi connectivity index (χ4v) is 0.582. The molecule has 0 radical (unpaired) electrons. The first-order valence-electron chi connectivity index (χ1n) is 3.06. The van der Waals surface area contributed by atoms with E-state index in [2.05, 4.69) is 15.0 Å². The Labute approximate surface area is 63.1 Å². The lowest BCUT2D eigenvalue weighted by atomic mass is 10.2. The zero-order chi connectivity index (χ0) is 8.27. The van der Waals surface area contributed by atoms with Crippen LogP contribution in [0.5, 0.6) is 0 Å². The molecular weight excluding hydrogens is 146 g/mol. The molecule has 5 heteroatoms. The largest absolute Gasteiger partial charge is 0.481 e. The van der Waals surface area contributed by atoms with E-state index in [1.54, 1.807) is 0 Å². The lowest BCUT2D eigenvalue weighted by Crippen LogP contribution is -2.10. The molecule has 0 saturated carbocycles. The van der Waals surface area contributed by atoms with Crippen molar-refractivity contribution in [3.8, 4) is 0 Å². The van der Waals surface area contributed by atoms with E-state index >= 15 is 0 Å². The van der Waals surface area contributed by atoms with Gasteiger partial charge < -0.3 is 5.11 Å². The highest BCUT2D eigenvalue weighted by Crippen LogP contribution is 2.06. The van der Waals surface area contributed by atoms with Gasteiger partial charge in [0.15, 0.2) is 0 Å². The summed E-state index contributed by atoms with van der Waals surface area (Å²) in [6.07, 6.45) is 2.56. The quantitative estimate of drug-likeness (QED) is 0.650. The van der Waals surface area contributed by atoms with Crippen LogP contribution in [0.15, 0.2) is 12.7 Å². The van der Waals surface area contributed by atoms with Crippen molar-refractivity contribution >= 4 is 5.97 Å². The first-order chi connectivity index (χ1) is 5.22. The number of hydrogen-bond acceptors (Lipinski definition) is 4. The number of aliphatic carboxylic acids is 1. The third-order valence-electron chi connectivity index (χ3n) is 1.27. The molecule has 0 fully saturated rings. The van der Waals surface area contributed by atoms with E-state index in [-0.39, 0.29) is 5.82 Å². The Hall–Kier alpha value is -1.52. The minimum atomic E-state index is -0.934. The molecule has 1 aromatic rings. The van der Waals surface area contributed by atoms with Crippen molar-refractivity contribution in [3.05, 3.63) is 18.5 Å². The second-order valence-corrected chi connectivity index (χ2v) is 2.06. The molecule has 11 heavy (non-hydrogen) atoms. The minimum Gasteiger partial charge on any atom is -0.481 e. The van der Waals surface area contributed by atoms with Gasteiger partial charge in [-0.15, -0.1) is 0 Å². The molecule has 0 aliphatic heterocycles. The highest BCUT2D eigenvalue weighted by molar-refractivity contribution is 5.74. The maximum Gasteiger partial charge on any atom is 0.313 e. The molecule has 5 nitrogen and oxygen atoms in total. The summed E-state index contributed by atoms with van der Waals surface area (Å²) >= 11 is 0. The smallest absolute Gasteiger partial charge is 0.313 e. The molecule has 1 unspecified atom stereocenters. The zero-order valence-corrected chi connectivity index (χ0v) is 5.93. The maximum atomic E-state index is 10.4. The summed E-state index contributed by atoms with van der Waals surface area (Å²) in [5, 5.41) is 8.54. The van der Waals surface area contributed by atoms with E-state index in [4.69, 9.17) is 5.11 Å². The average molecular weight is 153 g/mol. The number of nitrogens with zero attached hydrogens (tertiary/aromatic N) is 3. The number of carboxylic acids is 1. The molecule has 0 bridgehead atoms. The molecule has 0 amide bonds. The summed E-state index contributed by atoms with van der Waals surface area (Å²) in [7, 11) is 0. The molecule has 1 N–H and O–H groups in total. The topological polar surface area (TPSA) is 76.0 Å². The van der Waals surface area contributed by atoms with Gasteiger partial charge in [0.25, 0.3) is 0 Å². The molecule has 0 saturated heterocycles. The Morgan fingerprint density at radius 2 is 2.09 bits per heavy atom. The molecule has 58 valence electrons. The summed E-state index contributed by atoms with van der Waals surface area (Å²) in [5.74, 6) is -1.32. The van der Waals surface area contributed by atoms with Crippen LogP contribution in [0, 0.1) is 0 Å². The highest BCUT2D eigenvalue weighted by Gasteiger charge is 2.15. The van der Waals surface area contributed by atoms with E-state index in [0.717, 1.165) is 0 Å². The number of aromatic nitrogens is 3. The lowest BCUT2D eigenvalue weighted by Gasteiger charge is -2.01. The van der Waals surface area contributed by atoms with E-state index in [0.29, 0.717) is 0 Å². The maximum absolute atomic E-state index is 10.4. The second-order valence-electron chi connectivity index (χ2n) is 2.06. The van der Waals surface area contributed by atoms with Crippen LogP contribution >= 0.6 is 0 Å². The van der Waals surface area contributed by atoms with E-state index in [1.807, 2.05) is 0 Å². The van der Waals surface area contributed by atoms with Crippen molar-refractivity contribution in [2.45, 2.75) is 12.8 Å². The Morgan fingerprint density at radius 1 is 1.55 bits per heavy atom. The first kappa shape index (κ1) is 7.59. The Balaban J connectivity index is 2.85. The molecule has 1 aromatic heterocycles. The van der Waals surface area contributed by atoms with Crippen LogP contribution < -0.4 is 0 Å². The Kier molecular flexibility index (Phi) is 2.10. The summed E-state index contributed by atoms with van der Waals surface area (Å²) < 4.78 is 0. The van der Waals surface area contributed by atoms with Crippen LogP contribution in [0.25, 0.3) is 0 Å². The van der Waals surface area contributed by atoms with Crippen molar-refractivity contribution in [1.29, 1.82) is 0 Å². The van der Waals surface area contributed by atoms with Crippen molar-refractivity contribution in [3.63, 3.8) is 0 Å². The van der Waals surface area contributed by atoms with E-state index in [1.165, 1.54) is 19.6 Å². The molecule has 1 heterocycles. The van der Waals surface area contributed by atoms with Gasteiger partial charge in [0.05, 0.1) is 0 Å². The van der Waals surface area contributed by atoms with Crippen LogP contribution in [0.4, 0.5) is 0 Å². The number of carbonyl (C=O) groups is 1. The molecule has 1 rings (SSSR count). The number of carboxylic acid groups (broad SMARTS) is 1. The fraction of sp³-hybridized carbons (Fsp3) is 0.333. The Bertz CT molecular complexity index is 249. The lowest BCUT2D eigenvalue weighted by molar-refractivity contribution is -0.138. The summed E-state index contributed by atoms with van der Waals surface area (Å²) in [5.41, 5.74) is 0. The minimum absolute atomic E-state index is 0.285. The predicted molar refractivity (Wildman–Crippen MR) is 35.9 cm³/mol. The van der Waals surface area contributed by atoms with Crippen LogP contribution in [0.2, 0.25) is 0 Å². The van der Waals surface area contributed by atoms with Crippen molar-refractivity contribution < 1.29 is 9.90 Å². The van der Waals surface area contributed by atoms with Crippen molar-refractivity contribution in [2.75, 3.05) is 0 Å². The van der Waals surface area contributed by atoms with Crippen LogP contribution in [0.3, 0.4) is 0 Å². The third-order valence-corrected chi connectivity index (χ3v) is 1.27. The van der Waals surface area contributed by atoms with Crippen molar-refractivity contribution in [2.24, 2.45) is 0 Å². The van der Waals surface area contributed by atoms with Gasteiger partial charge in [0.1, 0.15) is 24.4 Å². The van der Waals surface area contributed by atoms with Gasteiger partial charge in [0.2, 0.25) is 0 Å².